The number of aromatic nitrogens is 1. The van der Waals surface area contributed by atoms with Gasteiger partial charge in [0, 0.05) is 11.1 Å². The van der Waals surface area contributed by atoms with Gasteiger partial charge >= 0.3 is 0 Å². The van der Waals surface area contributed by atoms with Gasteiger partial charge < -0.3 is 4.42 Å². The second kappa shape index (κ2) is 3.55. The fourth-order valence-corrected chi connectivity index (χ4v) is 2.11. The van der Waals surface area contributed by atoms with E-state index in [9.17, 15) is 0 Å². The standard InChI is InChI=1S/C9H9NOS2/c1-6-2-3-8(11-6)9-10-7(4-12)5-13-9/h2-3,5,12H,4H2,1H3. The summed E-state index contributed by atoms with van der Waals surface area (Å²) in [4.78, 5) is 4.36. The number of hydrogen-bond acceptors (Lipinski definition) is 4. The van der Waals surface area contributed by atoms with Gasteiger partial charge in [0.2, 0.25) is 0 Å². The molecule has 0 saturated heterocycles. The highest BCUT2D eigenvalue weighted by molar-refractivity contribution is 7.79. The van der Waals surface area contributed by atoms with E-state index >= 15 is 0 Å². The van der Waals surface area contributed by atoms with Gasteiger partial charge in [-0.25, -0.2) is 4.98 Å². The number of thiazole rings is 1. The van der Waals surface area contributed by atoms with Gasteiger partial charge in [0.15, 0.2) is 10.8 Å². The Hall–Kier alpha value is -0.740. The molecule has 0 aliphatic heterocycles. The molecule has 2 nitrogen and oxygen atoms in total. The number of hydrogen-bond donors (Lipinski definition) is 1. The van der Waals surface area contributed by atoms with E-state index in [1.165, 1.54) is 0 Å². The van der Waals surface area contributed by atoms with Crippen LogP contribution < -0.4 is 0 Å². The minimum Gasteiger partial charge on any atom is -0.459 e. The molecule has 13 heavy (non-hydrogen) atoms. The van der Waals surface area contributed by atoms with Crippen LogP contribution in [-0.4, -0.2) is 4.98 Å². The molecule has 0 N–H and O–H groups in total. The van der Waals surface area contributed by atoms with Crippen molar-refractivity contribution in [2.45, 2.75) is 12.7 Å². The lowest BCUT2D eigenvalue weighted by Gasteiger charge is -1.87. The van der Waals surface area contributed by atoms with Crippen molar-refractivity contribution in [3.8, 4) is 10.8 Å². The van der Waals surface area contributed by atoms with E-state index in [1.54, 1.807) is 11.3 Å². The van der Waals surface area contributed by atoms with Crippen molar-refractivity contribution in [3.63, 3.8) is 0 Å². The lowest BCUT2D eigenvalue weighted by atomic mass is 10.4. The summed E-state index contributed by atoms with van der Waals surface area (Å²) in [6.07, 6.45) is 0. The van der Waals surface area contributed by atoms with Crippen LogP contribution in [0.15, 0.2) is 21.9 Å². The SMILES string of the molecule is Cc1ccc(-c2nc(CS)cs2)o1. The molecule has 0 fully saturated rings. The summed E-state index contributed by atoms with van der Waals surface area (Å²) in [5.74, 6) is 2.43. The molecule has 0 radical (unpaired) electrons. The summed E-state index contributed by atoms with van der Waals surface area (Å²) in [7, 11) is 0. The summed E-state index contributed by atoms with van der Waals surface area (Å²) in [6.45, 7) is 1.93. The van der Waals surface area contributed by atoms with Gasteiger partial charge in [0.25, 0.3) is 0 Å². The minimum absolute atomic E-state index is 0.677. The first-order valence-corrected chi connectivity index (χ1v) is 5.43. The Kier molecular flexibility index (Phi) is 2.42. The van der Waals surface area contributed by atoms with Crippen LogP contribution in [0, 0.1) is 6.92 Å². The summed E-state index contributed by atoms with van der Waals surface area (Å²) < 4.78 is 5.45. The number of rotatable bonds is 2. The third kappa shape index (κ3) is 1.78. The van der Waals surface area contributed by atoms with Gasteiger partial charge in [-0.15, -0.1) is 11.3 Å². The molecule has 68 valence electrons. The second-order valence-electron chi connectivity index (χ2n) is 2.71. The Balaban J connectivity index is 2.35. The maximum absolute atomic E-state index is 5.45. The molecule has 2 aromatic rings. The van der Waals surface area contributed by atoms with Crippen molar-refractivity contribution in [2.75, 3.05) is 0 Å². The molecule has 0 unspecified atom stereocenters. The lowest BCUT2D eigenvalue weighted by Crippen LogP contribution is -1.76. The first kappa shape index (κ1) is 8.84. The van der Waals surface area contributed by atoms with Crippen molar-refractivity contribution in [2.24, 2.45) is 0 Å². The fourth-order valence-electron chi connectivity index (χ4n) is 1.04. The molecule has 0 atom stereocenters. The van der Waals surface area contributed by atoms with E-state index in [0.29, 0.717) is 5.75 Å². The van der Waals surface area contributed by atoms with Gasteiger partial charge in [0.05, 0.1) is 5.69 Å². The Bertz CT molecular complexity index is 405. The molecule has 2 rings (SSSR count). The van der Waals surface area contributed by atoms with Gasteiger partial charge in [0.1, 0.15) is 5.76 Å². The zero-order chi connectivity index (χ0) is 9.26. The lowest BCUT2D eigenvalue weighted by molar-refractivity contribution is 0.548. The van der Waals surface area contributed by atoms with Crippen molar-refractivity contribution in [1.29, 1.82) is 0 Å². The predicted octanol–water partition coefficient (Wildman–Crippen LogP) is 3.14. The van der Waals surface area contributed by atoms with Gasteiger partial charge in [-0.1, -0.05) is 0 Å². The maximum Gasteiger partial charge on any atom is 0.162 e. The topological polar surface area (TPSA) is 26.0 Å². The molecule has 0 bridgehead atoms. The highest BCUT2D eigenvalue weighted by Gasteiger charge is 2.06. The van der Waals surface area contributed by atoms with Crippen molar-refractivity contribution in [1.82, 2.24) is 4.98 Å². The van der Waals surface area contributed by atoms with Crippen molar-refractivity contribution >= 4 is 24.0 Å². The summed E-state index contributed by atoms with van der Waals surface area (Å²) in [5, 5.41) is 2.93. The molecule has 0 aliphatic carbocycles. The summed E-state index contributed by atoms with van der Waals surface area (Å²) >= 11 is 5.74. The quantitative estimate of drug-likeness (QED) is 0.772. The van der Waals surface area contributed by atoms with E-state index < -0.39 is 0 Å². The number of thiol groups is 1. The van der Waals surface area contributed by atoms with Crippen LogP contribution in [0.3, 0.4) is 0 Å². The van der Waals surface area contributed by atoms with Crippen LogP contribution in [0.25, 0.3) is 10.8 Å². The summed E-state index contributed by atoms with van der Waals surface area (Å²) in [5.41, 5.74) is 0.998. The Morgan fingerprint density at radius 3 is 2.92 bits per heavy atom. The summed E-state index contributed by atoms with van der Waals surface area (Å²) in [6, 6.07) is 3.88. The molecule has 0 amide bonds. The van der Waals surface area contributed by atoms with E-state index in [2.05, 4.69) is 17.6 Å². The fraction of sp³-hybridized carbons (Fsp3) is 0.222. The van der Waals surface area contributed by atoms with Crippen LogP contribution in [0.2, 0.25) is 0 Å². The number of aryl methyl sites for hydroxylation is 1. The second-order valence-corrected chi connectivity index (χ2v) is 3.89. The molecule has 2 aromatic heterocycles. The molecule has 0 saturated carbocycles. The molecule has 0 spiro atoms. The Morgan fingerprint density at radius 2 is 2.38 bits per heavy atom. The minimum atomic E-state index is 0.677. The van der Waals surface area contributed by atoms with Crippen LogP contribution in [0.5, 0.6) is 0 Å². The van der Waals surface area contributed by atoms with Crippen LogP contribution in [0.1, 0.15) is 11.5 Å². The maximum atomic E-state index is 5.45. The molecule has 0 aliphatic rings. The highest BCUT2D eigenvalue weighted by atomic mass is 32.1. The Morgan fingerprint density at radius 1 is 1.54 bits per heavy atom. The largest absolute Gasteiger partial charge is 0.459 e. The number of nitrogens with zero attached hydrogens (tertiary/aromatic N) is 1. The zero-order valence-corrected chi connectivity index (χ0v) is 8.86. The molecule has 2 heterocycles. The highest BCUT2D eigenvalue weighted by Crippen LogP contribution is 2.25. The van der Waals surface area contributed by atoms with E-state index in [0.717, 1.165) is 22.2 Å². The van der Waals surface area contributed by atoms with Crippen LogP contribution >= 0.6 is 24.0 Å². The van der Waals surface area contributed by atoms with E-state index in [4.69, 9.17) is 4.42 Å². The third-order valence-corrected chi connectivity index (χ3v) is 2.89. The predicted molar refractivity (Wildman–Crippen MR) is 57.2 cm³/mol. The average Bonchev–Trinajstić information content (AvgIpc) is 2.71. The smallest absolute Gasteiger partial charge is 0.162 e. The normalized spacial score (nSPS) is 10.6. The average molecular weight is 211 g/mol. The van der Waals surface area contributed by atoms with Gasteiger partial charge in [-0.2, -0.15) is 12.6 Å². The van der Waals surface area contributed by atoms with Crippen LogP contribution in [0.4, 0.5) is 0 Å². The first-order valence-electron chi connectivity index (χ1n) is 3.91. The van der Waals surface area contributed by atoms with Gasteiger partial charge in [-0.05, 0) is 19.1 Å². The number of furan rings is 1. The van der Waals surface area contributed by atoms with E-state index in [1.807, 2.05) is 24.4 Å². The molecular formula is C9H9NOS2. The monoisotopic (exact) mass is 211 g/mol. The molecule has 4 heteroatoms. The molecular weight excluding hydrogens is 202 g/mol. The van der Waals surface area contributed by atoms with E-state index in [-0.39, 0.29) is 0 Å². The first-order chi connectivity index (χ1) is 6.29. The third-order valence-electron chi connectivity index (χ3n) is 1.66. The van der Waals surface area contributed by atoms with Crippen molar-refractivity contribution < 1.29 is 4.42 Å². The Labute approximate surface area is 86.0 Å². The van der Waals surface area contributed by atoms with Crippen molar-refractivity contribution in [3.05, 3.63) is 29.0 Å². The van der Waals surface area contributed by atoms with Crippen LogP contribution in [-0.2, 0) is 5.75 Å². The molecule has 0 aromatic carbocycles. The van der Waals surface area contributed by atoms with Gasteiger partial charge in [-0.3, -0.25) is 0 Å². The zero-order valence-electron chi connectivity index (χ0n) is 7.15.